The zero-order valence-corrected chi connectivity index (χ0v) is 13.0. The lowest BCUT2D eigenvalue weighted by Gasteiger charge is -2.18. The average Bonchev–Trinajstić information content (AvgIpc) is 2.38. The van der Waals surface area contributed by atoms with E-state index in [9.17, 15) is 0 Å². The standard InChI is InChI=1S/C14H14BrN3S/c1-8-2-3-9(11(15)6-8)13-17-12-4-5-16-7-10(12)14(19)18-13/h2-3,6,16H,4-5,7H2,1H3,(H,17,18,19). The van der Waals surface area contributed by atoms with Gasteiger partial charge in [0.15, 0.2) is 0 Å². The molecular formula is C14H14BrN3S. The van der Waals surface area contributed by atoms with Crippen molar-refractivity contribution in [2.45, 2.75) is 19.9 Å². The first-order valence-corrected chi connectivity index (χ1v) is 7.44. The average molecular weight is 336 g/mol. The van der Waals surface area contributed by atoms with Crippen molar-refractivity contribution >= 4 is 28.1 Å². The van der Waals surface area contributed by atoms with Gasteiger partial charge in [0.25, 0.3) is 0 Å². The first kappa shape index (κ1) is 13.0. The van der Waals surface area contributed by atoms with Crippen LogP contribution in [0.3, 0.4) is 0 Å². The third kappa shape index (κ3) is 2.50. The highest BCUT2D eigenvalue weighted by molar-refractivity contribution is 9.10. The summed E-state index contributed by atoms with van der Waals surface area (Å²) in [5.41, 5.74) is 4.61. The molecule has 0 atom stereocenters. The molecule has 0 fully saturated rings. The number of hydrogen-bond acceptors (Lipinski definition) is 3. The van der Waals surface area contributed by atoms with Gasteiger partial charge in [0, 0.05) is 40.8 Å². The van der Waals surface area contributed by atoms with Gasteiger partial charge in [0.1, 0.15) is 10.5 Å². The zero-order chi connectivity index (χ0) is 13.4. The highest BCUT2D eigenvalue weighted by Crippen LogP contribution is 2.27. The van der Waals surface area contributed by atoms with E-state index in [1.807, 2.05) is 0 Å². The van der Waals surface area contributed by atoms with Gasteiger partial charge < -0.3 is 10.3 Å². The molecule has 0 spiro atoms. The Balaban J connectivity index is 2.15. The Bertz CT molecular complexity index is 694. The molecule has 2 heterocycles. The predicted octanol–water partition coefficient (Wildman–Crippen LogP) is 3.52. The summed E-state index contributed by atoms with van der Waals surface area (Å²) in [4.78, 5) is 7.97. The second-order valence-electron chi connectivity index (χ2n) is 4.76. The minimum absolute atomic E-state index is 0.698. The van der Waals surface area contributed by atoms with Gasteiger partial charge in [-0.25, -0.2) is 4.98 Å². The first-order chi connectivity index (χ1) is 9.15. The van der Waals surface area contributed by atoms with E-state index in [2.05, 4.69) is 56.3 Å². The number of rotatable bonds is 1. The Morgan fingerprint density at radius 3 is 3.00 bits per heavy atom. The van der Waals surface area contributed by atoms with Gasteiger partial charge in [0.05, 0.1) is 0 Å². The van der Waals surface area contributed by atoms with E-state index in [4.69, 9.17) is 12.2 Å². The summed E-state index contributed by atoms with van der Waals surface area (Å²) in [6.45, 7) is 3.87. The molecule has 2 N–H and O–H groups in total. The van der Waals surface area contributed by atoms with Crippen LogP contribution in [0.2, 0.25) is 0 Å². The third-order valence-corrected chi connectivity index (χ3v) is 4.33. The monoisotopic (exact) mass is 335 g/mol. The lowest BCUT2D eigenvalue weighted by Crippen LogP contribution is -2.25. The molecule has 1 aliphatic rings. The topological polar surface area (TPSA) is 40.7 Å². The minimum atomic E-state index is 0.698. The van der Waals surface area contributed by atoms with Crippen LogP contribution in [0.4, 0.5) is 0 Å². The van der Waals surface area contributed by atoms with Crippen molar-refractivity contribution in [1.82, 2.24) is 15.3 Å². The summed E-state index contributed by atoms with van der Waals surface area (Å²) >= 11 is 9.01. The number of nitrogens with zero attached hydrogens (tertiary/aromatic N) is 1. The first-order valence-electron chi connectivity index (χ1n) is 6.24. The van der Waals surface area contributed by atoms with Gasteiger partial charge in [-0.2, -0.15) is 0 Å². The van der Waals surface area contributed by atoms with E-state index < -0.39 is 0 Å². The lowest BCUT2D eigenvalue weighted by molar-refractivity contribution is 0.624. The number of fused-ring (bicyclic) bond motifs is 1. The molecule has 1 aromatic heterocycles. The number of nitrogens with one attached hydrogen (secondary N) is 2. The quantitative estimate of drug-likeness (QED) is 0.783. The van der Waals surface area contributed by atoms with Crippen LogP contribution in [-0.4, -0.2) is 16.5 Å². The molecule has 2 aromatic rings. The van der Waals surface area contributed by atoms with Crippen LogP contribution in [-0.2, 0) is 13.0 Å². The second kappa shape index (κ2) is 5.15. The van der Waals surface area contributed by atoms with Crippen LogP contribution in [0.5, 0.6) is 0 Å². The molecule has 19 heavy (non-hydrogen) atoms. The predicted molar refractivity (Wildman–Crippen MR) is 82.7 cm³/mol. The Kier molecular flexibility index (Phi) is 3.52. The number of halogens is 1. The third-order valence-electron chi connectivity index (χ3n) is 3.34. The van der Waals surface area contributed by atoms with E-state index in [1.54, 1.807) is 0 Å². The Morgan fingerprint density at radius 2 is 2.21 bits per heavy atom. The SMILES string of the molecule is Cc1ccc(-c2nc(=S)c3c([nH]2)CCNC3)c(Br)c1. The number of aryl methyl sites for hydroxylation is 1. The molecule has 98 valence electrons. The van der Waals surface area contributed by atoms with E-state index >= 15 is 0 Å². The van der Waals surface area contributed by atoms with E-state index in [-0.39, 0.29) is 0 Å². The highest BCUT2D eigenvalue weighted by atomic mass is 79.9. The zero-order valence-electron chi connectivity index (χ0n) is 10.6. The normalized spacial score (nSPS) is 14.2. The van der Waals surface area contributed by atoms with Crippen LogP contribution in [0.1, 0.15) is 16.8 Å². The molecule has 5 heteroatoms. The van der Waals surface area contributed by atoms with Crippen LogP contribution in [0, 0.1) is 11.6 Å². The maximum Gasteiger partial charge on any atom is 0.140 e. The van der Waals surface area contributed by atoms with Gasteiger partial charge in [-0.1, -0.05) is 34.2 Å². The summed E-state index contributed by atoms with van der Waals surface area (Å²) in [5, 5.41) is 3.32. The molecule has 3 rings (SSSR count). The summed E-state index contributed by atoms with van der Waals surface area (Å²) in [5.74, 6) is 0.845. The number of aromatic nitrogens is 2. The fourth-order valence-corrected chi connectivity index (χ4v) is 3.27. The summed E-state index contributed by atoms with van der Waals surface area (Å²) in [6.07, 6.45) is 0.970. The second-order valence-corrected chi connectivity index (χ2v) is 6.00. The largest absolute Gasteiger partial charge is 0.343 e. The van der Waals surface area contributed by atoms with Crippen molar-refractivity contribution in [3.8, 4) is 11.4 Å². The number of hydrogen-bond donors (Lipinski definition) is 2. The van der Waals surface area contributed by atoms with Crippen molar-refractivity contribution in [1.29, 1.82) is 0 Å². The van der Waals surface area contributed by atoms with Crippen LogP contribution in [0.25, 0.3) is 11.4 Å². The van der Waals surface area contributed by atoms with Crippen LogP contribution >= 0.6 is 28.1 Å². The van der Waals surface area contributed by atoms with Crippen LogP contribution < -0.4 is 5.32 Å². The van der Waals surface area contributed by atoms with Crippen molar-refractivity contribution in [3.05, 3.63) is 44.1 Å². The van der Waals surface area contributed by atoms with Crippen molar-refractivity contribution in [3.63, 3.8) is 0 Å². The van der Waals surface area contributed by atoms with Gasteiger partial charge in [0.2, 0.25) is 0 Å². The minimum Gasteiger partial charge on any atom is -0.343 e. The number of aromatic amines is 1. The molecule has 1 aliphatic heterocycles. The molecule has 3 nitrogen and oxygen atoms in total. The maximum atomic E-state index is 5.41. The van der Waals surface area contributed by atoms with Crippen molar-refractivity contribution < 1.29 is 0 Å². The van der Waals surface area contributed by atoms with E-state index in [0.717, 1.165) is 40.9 Å². The summed E-state index contributed by atoms with van der Waals surface area (Å²) in [7, 11) is 0. The van der Waals surface area contributed by atoms with Gasteiger partial charge in [-0.05, 0) is 24.6 Å². The van der Waals surface area contributed by atoms with Crippen molar-refractivity contribution in [2.75, 3.05) is 6.54 Å². The van der Waals surface area contributed by atoms with Gasteiger partial charge >= 0.3 is 0 Å². The Labute approximate surface area is 125 Å². The fourth-order valence-electron chi connectivity index (χ4n) is 2.31. The molecule has 0 aliphatic carbocycles. The molecule has 0 bridgehead atoms. The fraction of sp³-hybridized carbons (Fsp3) is 0.286. The summed E-state index contributed by atoms with van der Waals surface area (Å²) < 4.78 is 1.74. The van der Waals surface area contributed by atoms with Gasteiger partial charge in [-0.3, -0.25) is 0 Å². The number of benzene rings is 1. The van der Waals surface area contributed by atoms with E-state index in [0.29, 0.717) is 4.64 Å². The lowest BCUT2D eigenvalue weighted by atomic mass is 10.1. The molecule has 0 amide bonds. The smallest absolute Gasteiger partial charge is 0.140 e. The molecule has 1 aromatic carbocycles. The number of H-pyrrole nitrogens is 1. The van der Waals surface area contributed by atoms with Crippen molar-refractivity contribution in [2.24, 2.45) is 0 Å². The summed E-state index contributed by atoms with van der Waals surface area (Å²) in [6, 6.07) is 6.25. The Hall–Kier alpha value is -1.04. The molecular weight excluding hydrogens is 322 g/mol. The van der Waals surface area contributed by atoms with Gasteiger partial charge in [-0.15, -0.1) is 0 Å². The molecule has 0 unspecified atom stereocenters. The Morgan fingerprint density at radius 1 is 1.37 bits per heavy atom. The van der Waals surface area contributed by atoms with E-state index in [1.165, 1.54) is 11.3 Å². The molecule has 0 saturated heterocycles. The maximum absolute atomic E-state index is 5.41. The molecule has 0 saturated carbocycles. The van der Waals surface area contributed by atoms with Crippen LogP contribution in [0.15, 0.2) is 22.7 Å². The molecule has 0 radical (unpaired) electrons. The highest BCUT2D eigenvalue weighted by Gasteiger charge is 2.14.